The fraction of sp³-hybridized carbons (Fsp3) is 0. The van der Waals surface area contributed by atoms with Gasteiger partial charge in [-0.3, -0.25) is 0 Å². The smallest absolute Gasteiger partial charge is 0.117 e. The largest absolute Gasteiger partial charge is 0.236 e. The fourth-order valence-corrected chi connectivity index (χ4v) is 2.15. The normalized spacial score (nSPS) is 10.6. The molecule has 17 heavy (non-hydrogen) atoms. The van der Waals surface area contributed by atoms with E-state index < -0.39 is 0 Å². The van der Waals surface area contributed by atoms with E-state index in [2.05, 4.69) is 56.2 Å². The average Bonchev–Trinajstić information content (AvgIpc) is 2.38. The Labute approximate surface area is 107 Å². The second-order valence-corrected chi connectivity index (χ2v) is 4.60. The lowest BCUT2D eigenvalue weighted by molar-refractivity contribution is 1.14. The summed E-state index contributed by atoms with van der Waals surface area (Å²) in [6.07, 6.45) is 1.56. The lowest BCUT2D eigenvalue weighted by Crippen LogP contribution is -1.85. The van der Waals surface area contributed by atoms with Crippen LogP contribution in [0.25, 0.3) is 22.0 Å². The minimum absolute atomic E-state index is 0.802. The molecule has 3 aromatic rings. The maximum Gasteiger partial charge on any atom is 0.117 e. The Morgan fingerprint density at radius 3 is 2.47 bits per heavy atom. The predicted molar refractivity (Wildman–Crippen MR) is 72.7 cm³/mol. The number of halogens is 1. The second-order valence-electron chi connectivity index (χ2n) is 3.79. The van der Waals surface area contributed by atoms with E-state index in [0.717, 1.165) is 15.9 Å². The Balaban J connectivity index is 2.18. The highest BCUT2D eigenvalue weighted by Crippen LogP contribution is 2.23. The van der Waals surface area contributed by atoms with Crippen molar-refractivity contribution in [2.45, 2.75) is 0 Å². The van der Waals surface area contributed by atoms with Crippen molar-refractivity contribution in [3.8, 4) is 11.3 Å². The highest BCUT2D eigenvalue weighted by molar-refractivity contribution is 9.10. The number of hydrogen-bond donors (Lipinski definition) is 0. The molecular formula is C14H9BrN2. The van der Waals surface area contributed by atoms with Crippen molar-refractivity contribution in [3.63, 3.8) is 0 Å². The highest BCUT2D eigenvalue weighted by atomic mass is 79.9. The van der Waals surface area contributed by atoms with Crippen LogP contribution in [0.4, 0.5) is 0 Å². The van der Waals surface area contributed by atoms with Crippen molar-refractivity contribution in [1.29, 1.82) is 0 Å². The number of hydrogen-bond acceptors (Lipinski definition) is 2. The summed E-state index contributed by atoms with van der Waals surface area (Å²) in [4.78, 5) is 8.31. The van der Waals surface area contributed by atoms with Gasteiger partial charge in [0, 0.05) is 5.56 Å². The maximum atomic E-state index is 4.28. The number of nitrogens with zero attached hydrogens (tertiary/aromatic N) is 2. The Morgan fingerprint density at radius 1 is 0.824 bits per heavy atom. The minimum Gasteiger partial charge on any atom is -0.236 e. The van der Waals surface area contributed by atoms with Gasteiger partial charge in [0.15, 0.2) is 0 Å². The van der Waals surface area contributed by atoms with E-state index in [4.69, 9.17) is 0 Å². The Morgan fingerprint density at radius 2 is 1.65 bits per heavy atom. The van der Waals surface area contributed by atoms with Crippen LogP contribution in [0.3, 0.4) is 0 Å². The molecule has 0 fully saturated rings. The summed E-state index contributed by atoms with van der Waals surface area (Å²) in [6.45, 7) is 0. The lowest BCUT2D eigenvalue weighted by atomic mass is 10.1. The van der Waals surface area contributed by atoms with E-state index in [1.54, 1.807) is 6.33 Å². The third-order valence-electron chi connectivity index (χ3n) is 2.68. The molecule has 0 saturated carbocycles. The van der Waals surface area contributed by atoms with E-state index in [1.807, 2.05) is 18.2 Å². The molecule has 1 aromatic heterocycles. The number of benzene rings is 2. The molecule has 0 spiro atoms. The summed E-state index contributed by atoms with van der Waals surface area (Å²) in [5.41, 5.74) is 2.03. The third-order valence-corrected chi connectivity index (χ3v) is 3.11. The van der Waals surface area contributed by atoms with Crippen LogP contribution in [0.5, 0.6) is 0 Å². The first-order chi connectivity index (χ1) is 8.33. The van der Waals surface area contributed by atoms with Gasteiger partial charge in [-0.2, -0.15) is 0 Å². The molecule has 1 heterocycles. The summed E-state index contributed by atoms with van der Waals surface area (Å²) < 4.78 is 0.802. The van der Waals surface area contributed by atoms with Gasteiger partial charge in [-0.15, -0.1) is 0 Å². The van der Waals surface area contributed by atoms with Crippen molar-refractivity contribution >= 4 is 26.7 Å². The van der Waals surface area contributed by atoms with Gasteiger partial charge in [0.2, 0.25) is 0 Å². The molecule has 0 radical (unpaired) electrons. The fourth-order valence-electron chi connectivity index (χ4n) is 1.84. The monoisotopic (exact) mass is 284 g/mol. The molecule has 0 amide bonds. The Bertz CT molecular complexity index is 680. The van der Waals surface area contributed by atoms with Crippen LogP contribution in [-0.4, -0.2) is 9.97 Å². The molecule has 0 N–H and O–H groups in total. The standard InChI is InChI=1S/C14H9BrN2/c15-14-8-13(16-9-17-14)12-6-5-10-3-1-2-4-11(10)7-12/h1-9H. The molecule has 0 aliphatic heterocycles. The molecule has 82 valence electrons. The van der Waals surface area contributed by atoms with E-state index in [9.17, 15) is 0 Å². The number of aromatic nitrogens is 2. The molecule has 0 saturated heterocycles. The predicted octanol–water partition coefficient (Wildman–Crippen LogP) is 4.06. The van der Waals surface area contributed by atoms with Gasteiger partial charge >= 0.3 is 0 Å². The topological polar surface area (TPSA) is 25.8 Å². The van der Waals surface area contributed by atoms with Crippen LogP contribution in [0.1, 0.15) is 0 Å². The first kappa shape index (κ1) is 10.4. The van der Waals surface area contributed by atoms with E-state index >= 15 is 0 Å². The van der Waals surface area contributed by atoms with Gasteiger partial charge in [-0.25, -0.2) is 9.97 Å². The van der Waals surface area contributed by atoms with Gasteiger partial charge in [-0.05, 0) is 38.8 Å². The molecule has 3 rings (SSSR count). The summed E-state index contributed by atoms with van der Waals surface area (Å²) in [6, 6.07) is 16.6. The molecule has 3 heteroatoms. The Hall–Kier alpha value is -1.74. The van der Waals surface area contributed by atoms with Crippen LogP contribution in [0, 0.1) is 0 Å². The zero-order valence-electron chi connectivity index (χ0n) is 8.97. The van der Waals surface area contributed by atoms with Crippen molar-refractivity contribution < 1.29 is 0 Å². The quantitative estimate of drug-likeness (QED) is 0.630. The molecule has 0 aliphatic carbocycles. The molecule has 0 atom stereocenters. The van der Waals surface area contributed by atoms with Crippen molar-refractivity contribution in [1.82, 2.24) is 9.97 Å². The van der Waals surface area contributed by atoms with Gasteiger partial charge in [-0.1, -0.05) is 36.4 Å². The SMILES string of the molecule is Brc1cc(-c2ccc3ccccc3c2)ncn1. The summed E-state index contributed by atoms with van der Waals surface area (Å²) >= 11 is 3.36. The molecule has 2 nitrogen and oxygen atoms in total. The Kier molecular flexibility index (Phi) is 2.61. The molecule has 0 unspecified atom stereocenters. The molecule has 2 aromatic carbocycles. The van der Waals surface area contributed by atoms with Crippen LogP contribution < -0.4 is 0 Å². The summed E-state index contributed by atoms with van der Waals surface area (Å²) in [5.74, 6) is 0. The van der Waals surface area contributed by atoms with Gasteiger partial charge in [0.25, 0.3) is 0 Å². The summed E-state index contributed by atoms with van der Waals surface area (Å²) in [7, 11) is 0. The zero-order valence-corrected chi connectivity index (χ0v) is 10.6. The van der Waals surface area contributed by atoms with Crippen molar-refractivity contribution in [2.24, 2.45) is 0 Å². The van der Waals surface area contributed by atoms with Crippen molar-refractivity contribution in [3.05, 3.63) is 59.5 Å². The second kappa shape index (κ2) is 4.26. The number of rotatable bonds is 1. The first-order valence-corrected chi connectivity index (χ1v) is 6.09. The average molecular weight is 285 g/mol. The van der Waals surface area contributed by atoms with Gasteiger partial charge < -0.3 is 0 Å². The van der Waals surface area contributed by atoms with Crippen LogP contribution in [0.2, 0.25) is 0 Å². The van der Waals surface area contributed by atoms with Gasteiger partial charge in [0.05, 0.1) is 5.69 Å². The van der Waals surface area contributed by atoms with Crippen molar-refractivity contribution in [2.75, 3.05) is 0 Å². The maximum absolute atomic E-state index is 4.28. The van der Waals surface area contributed by atoms with Crippen LogP contribution in [0.15, 0.2) is 59.5 Å². The molecular weight excluding hydrogens is 276 g/mol. The summed E-state index contributed by atoms with van der Waals surface area (Å²) in [5, 5.41) is 2.46. The number of fused-ring (bicyclic) bond motifs is 1. The highest BCUT2D eigenvalue weighted by Gasteiger charge is 2.01. The van der Waals surface area contributed by atoms with Gasteiger partial charge in [0.1, 0.15) is 10.9 Å². The molecule has 0 aliphatic rings. The first-order valence-electron chi connectivity index (χ1n) is 5.30. The van der Waals surface area contributed by atoms with Crippen LogP contribution in [-0.2, 0) is 0 Å². The minimum atomic E-state index is 0.802. The third kappa shape index (κ3) is 2.06. The molecule has 0 bridgehead atoms. The lowest BCUT2D eigenvalue weighted by Gasteiger charge is -2.03. The van der Waals surface area contributed by atoms with Crippen LogP contribution >= 0.6 is 15.9 Å². The van der Waals surface area contributed by atoms with E-state index in [0.29, 0.717) is 0 Å². The van der Waals surface area contributed by atoms with E-state index in [-0.39, 0.29) is 0 Å². The zero-order chi connectivity index (χ0) is 11.7. The van der Waals surface area contributed by atoms with E-state index in [1.165, 1.54) is 10.8 Å².